The summed E-state index contributed by atoms with van der Waals surface area (Å²) in [6.45, 7) is 2.00. The normalized spacial score (nSPS) is 26.7. The van der Waals surface area contributed by atoms with Gasteiger partial charge in [0.2, 0.25) is 0 Å². The molecule has 2 aliphatic heterocycles. The molecule has 2 fully saturated rings. The lowest BCUT2D eigenvalue weighted by molar-refractivity contribution is -0.143. The van der Waals surface area contributed by atoms with Crippen LogP contribution in [0.15, 0.2) is 48.5 Å². The summed E-state index contributed by atoms with van der Waals surface area (Å²) in [5.41, 5.74) is 1.70. The highest BCUT2D eigenvalue weighted by Crippen LogP contribution is 2.46. The molecular weight excluding hydrogens is 516 g/mol. The number of benzene rings is 2. The Kier molecular flexibility index (Phi) is 7.45. The number of rotatable bonds is 6. The number of nitrogens with two attached hydrogens (primary N) is 1. The quantitative estimate of drug-likeness (QED) is 0.506. The van der Waals surface area contributed by atoms with Gasteiger partial charge in [-0.3, -0.25) is 4.90 Å². The first-order chi connectivity index (χ1) is 17.7. The number of carbonyl (C=O) groups is 1. The number of halogens is 6. The highest BCUT2D eigenvalue weighted by atomic mass is 19.4. The minimum Gasteiger partial charge on any atom is -0.394 e. The maximum absolute atomic E-state index is 13.4. The van der Waals surface area contributed by atoms with Gasteiger partial charge in [0.15, 0.2) is 0 Å². The van der Waals surface area contributed by atoms with Crippen LogP contribution in [-0.2, 0) is 22.6 Å². The smallest absolute Gasteiger partial charge is 0.394 e. The molecule has 4 atom stereocenters. The van der Waals surface area contributed by atoms with Crippen LogP contribution in [0.4, 0.5) is 31.1 Å². The summed E-state index contributed by atoms with van der Waals surface area (Å²) in [6.07, 6.45) is -10.2. The van der Waals surface area contributed by atoms with Gasteiger partial charge in [0, 0.05) is 19.6 Å². The van der Waals surface area contributed by atoms with E-state index >= 15 is 0 Å². The van der Waals surface area contributed by atoms with E-state index < -0.39 is 46.7 Å². The number of piperidine rings is 1. The lowest BCUT2D eigenvalue weighted by Gasteiger charge is -2.60. The fraction of sp³-hybridized carbons (Fsp3) is 0.500. The van der Waals surface area contributed by atoms with Crippen LogP contribution in [0.5, 0.6) is 0 Å². The summed E-state index contributed by atoms with van der Waals surface area (Å²) in [4.78, 5) is 15.6. The molecular formula is C26H29F6N3O3. The number of aliphatic hydroxyl groups is 1. The molecule has 3 N–H and O–H groups in total. The van der Waals surface area contributed by atoms with Crippen LogP contribution in [-0.4, -0.2) is 59.3 Å². The number of aliphatic hydroxyl groups excluding tert-OH is 1. The third-order valence-corrected chi connectivity index (χ3v) is 7.78. The number of alkyl halides is 6. The summed E-state index contributed by atoms with van der Waals surface area (Å²) < 4.78 is 86.4. The van der Waals surface area contributed by atoms with Gasteiger partial charge in [0.1, 0.15) is 0 Å². The molecule has 2 aliphatic rings. The fourth-order valence-electron chi connectivity index (χ4n) is 5.61. The molecule has 4 rings (SSSR count). The van der Waals surface area contributed by atoms with Gasteiger partial charge in [-0.2, -0.15) is 26.3 Å². The van der Waals surface area contributed by atoms with Crippen LogP contribution >= 0.6 is 0 Å². The Morgan fingerprint density at radius 3 is 2.16 bits per heavy atom. The van der Waals surface area contributed by atoms with Gasteiger partial charge in [-0.05, 0) is 49.1 Å². The van der Waals surface area contributed by atoms with Crippen LogP contribution in [0.3, 0.4) is 0 Å². The molecule has 12 heteroatoms. The Labute approximate surface area is 216 Å². The van der Waals surface area contributed by atoms with E-state index in [4.69, 9.17) is 10.5 Å². The largest absolute Gasteiger partial charge is 0.416 e. The monoisotopic (exact) mass is 545 g/mol. The number of ether oxygens (including phenoxy) is 1. The average molecular weight is 546 g/mol. The predicted octanol–water partition coefficient (Wildman–Crippen LogP) is 4.92. The summed E-state index contributed by atoms with van der Waals surface area (Å²) >= 11 is 0. The second kappa shape index (κ2) is 10.0. The molecule has 2 saturated heterocycles. The predicted molar refractivity (Wildman–Crippen MR) is 126 cm³/mol. The maximum Gasteiger partial charge on any atom is 0.416 e. The highest BCUT2D eigenvalue weighted by molar-refractivity contribution is 5.73. The molecule has 0 spiro atoms. The van der Waals surface area contributed by atoms with Crippen molar-refractivity contribution in [1.29, 1.82) is 0 Å². The summed E-state index contributed by atoms with van der Waals surface area (Å²) in [6, 6.07) is 10.1. The van der Waals surface area contributed by atoms with Crippen LogP contribution in [0, 0.1) is 0 Å². The lowest BCUT2D eigenvalue weighted by atomic mass is 9.72. The second-order valence-electron chi connectivity index (χ2n) is 9.98. The van der Waals surface area contributed by atoms with E-state index in [1.807, 2.05) is 30.3 Å². The standard InChI is InChI=1S/C26H29F6N3O3/c1-17(18-11-20(25(27,28)29)13-21(12-18)26(30,31)32)38-16-24(19-5-3-2-4-6-19)8-7-23(15-36)14-34(24)9-10-35(23)22(33)37/h2-6,11-13,17,36H,7-10,14-16H2,1H3,(H2,33,37)/t17-,23-,24-/m1/s1. The number of hydrogen-bond donors (Lipinski definition) is 2. The molecule has 2 aromatic carbocycles. The van der Waals surface area contributed by atoms with Crippen molar-refractivity contribution in [1.82, 2.24) is 9.80 Å². The zero-order valence-corrected chi connectivity index (χ0v) is 20.6. The number of primary amides is 1. The van der Waals surface area contributed by atoms with Crippen LogP contribution in [0.25, 0.3) is 0 Å². The van der Waals surface area contributed by atoms with Crippen molar-refractivity contribution in [2.24, 2.45) is 5.73 Å². The number of piperazine rings is 1. The van der Waals surface area contributed by atoms with Gasteiger partial charge in [-0.15, -0.1) is 0 Å². The number of nitrogens with zero attached hydrogens (tertiary/aromatic N) is 2. The Morgan fingerprint density at radius 1 is 1.03 bits per heavy atom. The Hall–Kier alpha value is -2.83. The molecule has 0 aromatic heterocycles. The van der Waals surface area contributed by atoms with Crippen LogP contribution < -0.4 is 5.73 Å². The van der Waals surface area contributed by atoms with Gasteiger partial charge >= 0.3 is 18.4 Å². The maximum atomic E-state index is 13.4. The van der Waals surface area contributed by atoms with E-state index in [-0.39, 0.29) is 37.9 Å². The minimum absolute atomic E-state index is 0.0339. The molecule has 2 amide bonds. The summed E-state index contributed by atoms with van der Waals surface area (Å²) in [5.74, 6) is 0. The number of carbonyl (C=O) groups excluding carboxylic acids is 1. The average Bonchev–Trinajstić information content (AvgIpc) is 2.87. The van der Waals surface area contributed by atoms with Crippen molar-refractivity contribution < 1.29 is 41.0 Å². The molecule has 208 valence electrons. The zero-order chi connectivity index (χ0) is 27.9. The van der Waals surface area contributed by atoms with E-state index in [0.717, 1.165) is 5.56 Å². The molecule has 2 aromatic rings. The summed E-state index contributed by atoms with van der Waals surface area (Å²) in [7, 11) is 0. The molecule has 0 aliphatic carbocycles. The zero-order valence-electron chi connectivity index (χ0n) is 20.6. The van der Waals surface area contributed by atoms with Crippen molar-refractivity contribution in [2.75, 3.05) is 32.8 Å². The van der Waals surface area contributed by atoms with E-state index in [0.29, 0.717) is 31.5 Å². The van der Waals surface area contributed by atoms with Gasteiger partial charge < -0.3 is 20.5 Å². The first kappa shape index (κ1) is 28.2. The number of amides is 2. The molecule has 1 unspecified atom stereocenters. The molecule has 0 saturated carbocycles. The first-order valence-corrected chi connectivity index (χ1v) is 12.1. The van der Waals surface area contributed by atoms with E-state index in [1.165, 1.54) is 11.8 Å². The number of urea groups is 1. The Bertz CT molecular complexity index is 1130. The summed E-state index contributed by atoms with van der Waals surface area (Å²) in [5, 5.41) is 10.2. The van der Waals surface area contributed by atoms with Gasteiger partial charge in [0.05, 0.1) is 41.5 Å². The Balaban J connectivity index is 1.66. The van der Waals surface area contributed by atoms with Crippen molar-refractivity contribution in [2.45, 2.75) is 49.3 Å². The first-order valence-electron chi connectivity index (χ1n) is 12.1. The second-order valence-corrected chi connectivity index (χ2v) is 9.98. The molecule has 0 radical (unpaired) electrons. The van der Waals surface area contributed by atoms with Crippen molar-refractivity contribution in [3.8, 4) is 0 Å². The number of hydrogen-bond acceptors (Lipinski definition) is 4. The van der Waals surface area contributed by atoms with E-state index in [1.54, 1.807) is 0 Å². The van der Waals surface area contributed by atoms with Gasteiger partial charge in [-0.1, -0.05) is 30.3 Å². The number of fused-ring (bicyclic) bond motifs is 2. The third kappa shape index (κ3) is 5.21. The van der Waals surface area contributed by atoms with Crippen molar-refractivity contribution in [3.05, 3.63) is 70.8 Å². The lowest BCUT2D eigenvalue weighted by Crippen LogP contribution is -2.73. The highest BCUT2D eigenvalue weighted by Gasteiger charge is 2.54. The third-order valence-electron chi connectivity index (χ3n) is 7.78. The SMILES string of the molecule is C[C@@H](OC[C@@]1(c2ccccc2)CC[C@]2(CO)CN1CCN2C(N)=O)c1cc(C(F)(F)F)cc(C(F)(F)F)c1. The topological polar surface area (TPSA) is 79.0 Å². The van der Waals surface area contributed by atoms with Crippen LogP contribution in [0.1, 0.15) is 48.1 Å². The van der Waals surface area contributed by atoms with Crippen molar-refractivity contribution in [3.63, 3.8) is 0 Å². The minimum atomic E-state index is -4.96. The van der Waals surface area contributed by atoms with E-state index in [2.05, 4.69) is 4.90 Å². The molecule has 38 heavy (non-hydrogen) atoms. The molecule has 2 heterocycles. The van der Waals surface area contributed by atoms with Crippen molar-refractivity contribution >= 4 is 6.03 Å². The van der Waals surface area contributed by atoms with E-state index in [9.17, 15) is 36.2 Å². The molecule has 6 nitrogen and oxygen atoms in total. The fourth-order valence-corrected chi connectivity index (χ4v) is 5.61. The van der Waals surface area contributed by atoms with Gasteiger partial charge in [0.25, 0.3) is 0 Å². The Morgan fingerprint density at radius 2 is 1.63 bits per heavy atom. The van der Waals surface area contributed by atoms with Gasteiger partial charge in [-0.25, -0.2) is 4.79 Å². The van der Waals surface area contributed by atoms with Crippen LogP contribution in [0.2, 0.25) is 0 Å². The molecule has 2 bridgehead atoms.